The average molecular weight is 481 g/mol. The Morgan fingerprint density at radius 2 is 1.70 bits per heavy atom. The Morgan fingerprint density at radius 1 is 1.00 bits per heavy atom. The van der Waals surface area contributed by atoms with Crippen LogP contribution in [0, 0.1) is 0 Å². The largest absolute Gasteiger partial charge is 0.508 e. The molecule has 0 bridgehead atoms. The van der Waals surface area contributed by atoms with Crippen LogP contribution in [0.4, 0.5) is 17.1 Å². The van der Waals surface area contributed by atoms with E-state index in [1.54, 1.807) is 30.3 Å². The number of phenolic OH excluding ortho intramolecular Hbond substituents is 1. The van der Waals surface area contributed by atoms with Crippen LogP contribution in [-0.4, -0.2) is 23.5 Å². The van der Waals surface area contributed by atoms with Gasteiger partial charge in [-0.15, -0.1) is 0 Å². The molecule has 1 heterocycles. The van der Waals surface area contributed by atoms with Crippen LogP contribution in [0.5, 0.6) is 5.75 Å². The lowest BCUT2D eigenvalue weighted by Gasteiger charge is -2.25. The minimum atomic E-state index is -1.46. The molecule has 0 aromatic heterocycles. The van der Waals surface area contributed by atoms with Gasteiger partial charge in [0.1, 0.15) is 5.75 Å². The summed E-state index contributed by atoms with van der Waals surface area (Å²) >= 11 is -1.46. The van der Waals surface area contributed by atoms with E-state index in [0.29, 0.717) is 37.2 Å². The second-order valence-corrected chi connectivity index (χ2v) is 7.20. The Labute approximate surface area is 167 Å². The topological polar surface area (TPSA) is 98.7 Å². The van der Waals surface area contributed by atoms with Gasteiger partial charge >= 0.3 is 0 Å². The molecule has 3 N–H and O–H groups in total. The second kappa shape index (κ2) is 8.94. The fraction of sp³-hybridized carbons (Fsp3) is 0.263. The van der Waals surface area contributed by atoms with Gasteiger partial charge in [0.05, 0.1) is 17.1 Å². The molecule has 1 saturated heterocycles. The van der Waals surface area contributed by atoms with Crippen LogP contribution >= 0.6 is 21.5 Å². The summed E-state index contributed by atoms with van der Waals surface area (Å²) in [4.78, 5) is 25.4. The SMILES string of the molecule is O=INc1cc(N2C(=O)CCCC2=O)ccc1NCCc1ccc(O)cc1. The number of amides is 2. The number of benzene rings is 2. The summed E-state index contributed by atoms with van der Waals surface area (Å²) in [6, 6.07) is 12.2. The van der Waals surface area contributed by atoms with E-state index in [-0.39, 0.29) is 17.6 Å². The number of carbonyl (C=O) groups excluding carboxylic acids is 2. The standard InChI is InChI=1S/C19H20IN3O4/c24-15-7-4-13(5-8-15)10-11-21-16-9-6-14(12-17(16)22-20-27)23-18(25)2-1-3-19(23)26/h4-9,12,21,24H,1-3,10-11H2,(H,22,27). The molecular weight excluding hydrogens is 461 g/mol. The molecule has 0 saturated carbocycles. The van der Waals surface area contributed by atoms with Gasteiger partial charge in [-0.25, -0.2) is 3.07 Å². The minimum absolute atomic E-state index is 0.206. The number of phenols is 1. The van der Waals surface area contributed by atoms with Crippen molar-refractivity contribution in [2.75, 3.05) is 20.3 Å². The minimum Gasteiger partial charge on any atom is -0.508 e. The van der Waals surface area contributed by atoms with E-state index in [9.17, 15) is 17.8 Å². The average Bonchev–Trinajstić information content (AvgIpc) is 2.65. The third kappa shape index (κ3) is 4.82. The highest BCUT2D eigenvalue weighted by atomic mass is 127. The molecule has 0 radical (unpaired) electrons. The van der Waals surface area contributed by atoms with Gasteiger partial charge in [0.2, 0.25) is 11.8 Å². The van der Waals surface area contributed by atoms with Crippen molar-refractivity contribution in [1.82, 2.24) is 0 Å². The van der Waals surface area contributed by atoms with Crippen molar-refractivity contribution >= 4 is 50.3 Å². The van der Waals surface area contributed by atoms with Crippen molar-refractivity contribution < 1.29 is 17.8 Å². The predicted octanol–water partition coefficient (Wildman–Crippen LogP) is 3.73. The third-order valence-corrected chi connectivity index (χ3v) is 5.15. The molecule has 2 aromatic carbocycles. The lowest BCUT2D eigenvalue weighted by molar-refractivity contribution is -0.129. The van der Waals surface area contributed by atoms with Crippen LogP contribution in [0.15, 0.2) is 42.5 Å². The summed E-state index contributed by atoms with van der Waals surface area (Å²) in [7, 11) is 0. The lowest BCUT2D eigenvalue weighted by Crippen LogP contribution is -2.40. The molecule has 2 aromatic rings. The first-order valence-corrected chi connectivity index (χ1v) is 10.6. The molecule has 2 amide bonds. The number of halogens is 1. The molecular formula is C19H20IN3O4. The highest BCUT2D eigenvalue weighted by molar-refractivity contribution is 14.1. The Balaban J connectivity index is 1.73. The van der Waals surface area contributed by atoms with E-state index in [1.807, 2.05) is 12.1 Å². The van der Waals surface area contributed by atoms with Crippen LogP contribution in [0.25, 0.3) is 0 Å². The molecule has 7 nitrogen and oxygen atoms in total. The molecule has 1 aliphatic rings. The van der Waals surface area contributed by atoms with Crippen molar-refractivity contribution in [1.29, 1.82) is 0 Å². The zero-order chi connectivity index (χ0) is 19.2. The number of imide groups is 1. The maximum Gasteiger partial charge on any atom is 0.270 e. The predicted molar refractivity (Wildman–Crippen MR) is 111 cm³/mol. The van der Waals surface area contributed by atoms with Crippen molar-refractivity contribution in [3.05, 3.63) is 48.0 Å². The number of rotatable bonds is 7. The Kier molecular flexibility index (Phi) is 6.38. The van der Waals surface area contributed by atoms with E-state index in [0.717, 1.165) is 17.7 Å². The molecule has 1 aliphatic heterocycles. The summed E-state index contributed by atoms with van der Waals surface area (Å²) in [5.74, 6) is -0.181. The van der Waals surface area contributed by atoms with Crippen molar-refractivity contribution in [3.63, 3.8) is 0 Å². The molecule has 27 heavy (non-hydrogen) atoms. The zero-order valence-corrected chi connectivity index (χ0v) is 16.7. The maximum absolute atomic E-state index is 12.1. The number of nitrogens with zero attached hydrogens (tertiary/aromatic N) is 1. The highest BCUT2D eigenvalue weighted by Gasteiger charge is 2.27. The van der Waals surface area contributed by atoms with Gasteiger partial charge < -0.3 is 14.0 Å². The monoisotopic (exact) mass is 481 g/mol. The number of anilines is 3. The van der Waals surface area contributed by atoms with Gasteiger partial charge in [-0.2, -0.15) is 0 Å². The quantitative estimate of drug-likeness (QED) is 0.317. The van der Waals surface area contributed by atoms with Crippen LogP contribution in [0.2, 0.25) is 0 Å². The fourth-order valence-corrected chi connectivity index (χ4v) is 3.67. The smallest absolute Gasteiger partial charge is 0.270 e. The molecule has 1 fully saturated rings. The Bertz CT molecular complexity index is 839. The van der Waals surface area contributed by atoms with Crippen molar-refractivity contribution in [2.45, 2.75) is 25.7 Å². The third-order valence-electron chi connectivity index (χ3n) is 4.35. The van der Waals surface area contributed by atoms with Gasteiger partial charge in [0.25, 0.3) is 21.5 Å². The van der Waals surface area contributed by atoms with Gasteiger partial charge in [0.15, 0.2) is 0 Å². The number of piperidine rings is 1. The lowest BCUT2D eigenvalue weighted by atomic mass is 10.1. The maximum atomic E-state index is 12.1. The van der Waals surface area contributed by atoms with Crippen molar-refractivity contribution in [3.8, 4) is 5.75 Å². The van der Waals surface area contributed by atoms with Crippen LogP contribution < -0.4 is 13.7 Å². The van der Waals surface area contributed by atoms with E-state index >= 15 is 0 Å². The molecule has 142 valence electrons. The van der Waals surface area contributed by atoms with E-state index in [2.05, 4.69) is 8.85 Å². The van der Waals surface area contributed by atoms with Crippen LogP contribution in [0.3, 0.4) is 0 Å². The van der Waals surface area contributed by atoms with E-state index in [1.165, 1.54) is 4.90 Å². The second-order valence-electron chi connectivity index (χ2n) is 6.22. The number of carbonyl (C=O) groups is 2. The van der Waals surface area contributed by atoms with Gasteiger partial charge in [-0.05, 0) is 48.7 Å². The Morgan fingerprint density at radius 3 is 2.37 bits per heavy atom. The number of nitrogens with one attached hydrogen (secondary N) is 2. The summed E-state index contributed by atoms with van der Waals surface area (Å²) in [5.41, 5.74) is 2.93. The van der Waals surface area contributed by atoms with Gasteiger partial charge in [-0.1, -0.05) is 12.1 Å². The van der Waals surface area contributed by atoms with Crippen LogP contribution in [-0.2, 0) is 19.1 Å². The summed E-state index contributed by atoms with van der Waals surface area (Å²) in [6.45, 7) is 0.636. The van der Waals surface area contributed by atoms with E-state index < -0.39 is 21.5 Å². The molecule has 0 atom stereocenters. The first-order valence-electron chi connectivity index (χ1n) is 8.62. The summed E-state index contributed by atoms with van der Waals surface area (Å²) in [6.07, 6.45) is 2.05. The Hall–Kier alpha value is -2.49. The van der Waals surface area contributed by atoms with E-state index in [4.69, 9.17) is 0 Å². The summed E-state index contributed by atoms with van der Waals surface area (Å²) < 4.78 is 14.0. The van der Waals surface area contributed by atoms with Crippen LogP contribution in [0.1, 0.15) is 24.8 Å². The molecule has 0 unspecified atom stereocenters. The van der Waals surface area contributed by atoms with Crippen molar-refractivity contribution in [2.24, 2.45) is 0 Å². The molecule has 3 rings (SSSR count). The normalized spacial score (nSPS) is 14.3. The zero-order valence-electron chi connectivity index (χ0n) is 14.6. The highest BCUT2D eigenvalue weighted by Crippen LogP contribution is 2.31. The molecule has 8 heteroatoms. The number of hydrogen-bond acceptors (Lipinski definition) is 5. The first kappa shape index (κ1) is 19.3. The molecule has 0 aliphatic carbocycles. The summed E-state index contributed by atoms with van der Waals surface area (Å²) in [5, 5.41) is 12.6. The first-order chi connectivity index (χ1) is 13.1. The molecule has 0 spiro atoms. The fourth-order valence-electron chi connectivity index (χ4n) is 2.99. The number of aromatic hydroxyl groups is 1. The van der Waals surface area contributed by atoms with Gasteiger partial charge in [0, 0.05) is 19.4 Å². The number of hydrogen-bond donors (Lipinski definition) is 3. The van der Waals surface area contributed by atoms with Gasteiger partial charge in [-0.3, -0.25) is 14.5 Å².